The average Bonchev–Trinajstić information content (AvgIpc) is 2.47. The van der Waals surface area contributed by atoms with E-state index in [9.17, 15) is 0 Å². The van der Waals surface area contributed by atoms with Crippen LogP contribution in [-0.4, -0.2) is 63.1 Å². The molecule has 0 saturated carbocycles. The van der Waals surface area contributed by atoms with E-state index in [2.05, 4.69) is 153 Å². The summed E-state index contributed by atoms with van der Waals surface area (Å²) in [5.74, 6) is 0. The number of hydrogen-bond acceptors (Lipinski definition) is 0. The van der Waals surface area contributed by atoms with Gasteiger partial charge in [-0.25, -0.2) is 0 Å². The second kappa shape index (κ2) is 12.3. The summed E-state index contributed by atoms with van der Waals surface area (Å²) in [6.07, 6.45) is 8.51. The SMILES string of the molecule is C[Si](C)(C)/C=C/[C@H]([As]([C@H](/C=C/[Si](C)(C)C)[Si](C)(C)C)[C@H](/C=C/[Si](C)(C)C)[Si](C)(C)C)[Si](C)(C)C. The van der Waals surface area contributed by atoms with Crippen molar-refractivity contribution in [3.63, 3.8) is 0 Å². The molecule has 0 unspecified atom stereocenters. The van der Waals surface area contributed by atoms with Crippen LogP contribution in [0.15, 0.2) is 35.3 Å². The zero-order chi connectivity index (χ0) is 27.6. The molecule has 0 saturated heterocycles. The zero-order valence-electron chi connectivity index (χ0n) is 26.6. The third-order valence-electron chi connectivity index (χ3n) is 5.96. The molecular formula is C27H63AsSi6. The van der Waals surface area contributed by atoms with Crippen molar-refractivity contribution in [1.82, 2.24) is 0 Å². The molecular weight excluding hydrogens is 568 g/mol. The molecule has 200 valence electrons. The van der Waals surface area contributed by atoms with Crippen molar-refractivity contribution in [2.75, 3.05) is 0 Å². The summed E-state index contributed by atoms with van der Waals surface area (Å²) in [6, 6.07) is 0. The van der Waals surface area contributed by atoms with Crippen LogP contribution in [0.3, 0.4) is 0 Å². The Balaban J connectivity index is 7.37. The van der Waals surface area contributed by atoms with Crippen LogP contribution in [0, 0.1) is 0 Å². The minimum absolute atomic E-state index is 0.873. The maximum atomic E-state index is 2.84. The normalized spacial score (nSPS) is 18.4. The predicted octanol–water partition coefficient (Wildman–Crippen LogP) is 10.5. The summed E-state index contributed by atoms with van der Waals surface area (Å²) >= 11 is -1.33. The first-order chi connectivity index (χ1) is 14.7. The van der Waals surface area contributed by atoms with Crippen LogP contribution >= 0.6 is 0 Å². The van der Waals surface area contributed by atoms with Gasteiger partial charge < -0.3 is 0 Å². The Morgan fingerprint density at radius 3 is 0.647 bits per heavy atom. The van der Waals surface area contributed by atoms with Crippen LogP contribution in [-0.2, 0) is 0 Å². The van der Waals surface area contributed by atoms with Gasteiger partial charge in [-0.3, -0.25) is 0 Å². The topological polar surface area (TPSA) is 0 Å². The fraction of sp³-hybridized carbons (Fsp3) is 0.778. The Labute approximate surface area is 227 Å². The van der Waals surface area contributed by atoms with E-state index in [0.29, 0.717) is 0 Å². The van der Waals surface area contributed by atoms with Gasteiger partial charge in [0.15, 0.2) is 0 Å². The molecule has 0 N–H and O–H groups in total. The second-order valence-corrected chi connectivity index (χ2v) is 56.9. The molecule has 34 heavy (non-hydrogen) atoms. The van der Waals surface area contributed by atoms with Crippen molar-refractivity contribution in [3.05, 3.63) is 35.3 Å². The van der Waals surface area contributed by atoms with E-state index in [0.717, 1.165) is 13.0 Å². The molecule has 0 rings (SSSR count). The van der Waals surface area contributed by atoms with E-state index in [4.69, 9.17) is 0 Å². The maximum absolute atomic E-state index is 2.84. The summed E-state index contributed by atoms with van der Waals surface area (Å²) in [4.78, 5) is 0. The Bertz CT molecular complexity index is 613. The molecule has 0 amide bonds. The van der Waals surface area contributed by atoms with Gasteiger partial charge in [0.1, 0.15) is 0 Å². The molecule has 0 heterocycles. The van der Waals surface area contributed by atoms with Crippen LogP contribution in [0.1, 0.15) is 0 Å². The molecule has 0 aromatic heterocycles. The summed E-state index contributed by atoms with van der Waals surface area (Å²) in [6.45, 7) is 46.8. The number of allylic oxidation sites excluding steroid dienone is 3. The Kier molecular flexibility index (Phi) is 12.7. The van der Waals surface area contributed by atoms with Crippen LogP contribution < -0.4 is 0 Å². The Morgan fingerprint density at radius 1 is 0.353 bits per heavy atom. The fourth-order valence-corrected chi connectivity index (χ4v) is 41.0. The molecule has 0 bridgehead atoms. The van der Waals surface area contributed by atoms with Gasteiger partial charge >= 0.3 is 229 Å². The van der Waals surface area contributed by atoms with Crippen LogP contribution in [0.25, 0.3) is 0 Å². The molecule has 7 heteroatoms. The van der Waals surface area contributed by atoms with E-state index in [1.54, 1.807) is 0 Å². The van der Waals surface area contributed by atoms with Gasteiger partial charge in [-0.2, -0.15) is 0 Å². The molecule has 0 aromatic rings. The predicted molar refractivity (Wildman–Crippen MR) is 184 cm³/mol. The fourth-order valence-electron chi connectivity index (χ4n) is 4.16. The van der Waals surface area contributed by atoms with Gasteiger partial charge in [0.2, 0.25) is 0 Å². The zero-order valence-corrected chi connectivity index (χ0v) is 34.5. The first-order valence-corrected chi connectivity index (χ1v) is 38.2. The van der Waals surface area contributed by atoms with Gasteiger partial charge in [0.05, 0.1) is 0 Å². The van der Waals surface area contributed by atoms with E-state index >= 15 is 0 Å². The minimum atomic E-state index is -1.38. The van der Waals surface area contributed by atoms with Crippen molar-refractivity contribution in [2.45, 2.75) is 131 Å². The summed E-state index contributed by atoms with van der Waals surface area (Å²) in [5.41, 5.74) is 8.18. The Hall–Kier alpha value is 1.08. The van der Waals surface area contributed by atoms with Gasteiger partial charge in [-0.1, -0.05) is 0 Å². The molecule has 0 aliphatic carbocycles. The van der Waals surface area contributed by atoms with Gasteiger partial charge in [0, 0.05) is 0 Å². The van der Waals surface area contributed by atoms with Crippen molar-refractivity contribution in [2.24, 2.45) is 0 Å². The van der Waals surface area contributed by atoms with Crippen molar-refractivity contribution in [3.8, 4) is 0 Å². The second-order valence-electron chi connectivity index (χ2n) is 17.1. The molecule has 0 nitrogen and oxygen atoms in total. The third-order valence-corrected chi connectivity index (χ3v) is 39.8. The molecule has 0 aromatic carbocycles. The van der Waals surface area contributed by atoms with Gasteiger partial charge in [-0.05, 0) is 0 Å². The van der Waals surface area contributed by atoms with Crippen LogP contribution in [0.5, 0.6) is 0 Å². The summed E-state index contributed by atoms with van der Waals surface area (Å²) in [5, 5.41) is 0. The molecule has 0 spiro atoms. The average molecular weight is 631 g/mol. The quantitative estimate of drug-likeness (QED) is 0.188. The van der Waals surface area contributed by atoms with Crippen molar-refractivity contribution < 1.29 is 0 Å². The Morgan fingerprint density at radius 2 is 0.529 bits per heavy atom. The summed E-state index contributed by atoms with van der Waals surface area (Å²) in [7, 11) is -7.86. The summed E-state index contributed by atoms with van der Waals surface area (Å²) < 4.78 is 2.62. The first kappa shape index (κ1) is 35.1. The standard InChI is InChI=1S/C27H63AsSi6/c1-29(2,3)22-19-25(32(10,11)12)28(26(33(13,14)15)20-23-30(4,5)6)27(34(16,17)18)21-24-31(7,8)9/h19-27H,1-18H3/b22-19+,23-20+,24-21+/t25-,26-,27+/m0/s1. The van der Waals surface area contributed by atoms with Crippen molar-refractivity contribution in [1.29, 1.82) is 0 Å². The number of hydrogen-bond donors (Lipinski definition) is 0. The van der Waals surface area contributed by atoms with Crippen molar-refractivity contribution >= 4 is 63.1 Å². The molecule has 3 atom stereocenters. The van der Waals surface area contributed by atoms with E-state index in [1.165, 1.54) is 0 Å². The first-order valence-electron chi connectivity index (χ1n) is 13.5. The molecule has 0 fully saturated rings. The van der Waals surface area contributed by atoms with Gasteiger partial charge in [0.25, 0.3) is 0 Å². The van der Waals surface area contributed by atoms with E-state index in [1.807, 2.05) is 0 Å². The van der Waals surface area contributed by atoms with Crippen LogP contribution in [0.2, 0.25) is 131 Å². The molecule has 0 radical (unpaired) electrons. The van der Waals surface area contributed by atoms with E-state index < -0.39 is 63.1 Å². The third kappa shape index (κ3) is 14.1. The van der Waals surface area contributed by atoms with Crippen LogP contribution in [0.4, 0.5) is 0 Å². The molecule has 0 aliphatic rings. The number of rotatable bonds is 12. The van der Waals surface area contributed by atoms with Gasteiger partial charge in [-0.15, -0.1) is 0 Å². The van der Waals surface area contributed by atoms with E-state index in [-0.39, 0.29) is 0 Å². The molecule has 0 aliphatic heterocycles. The monoisotopic (exact) mass is 630 g/mol.